The molecule has 0 saturated heterocycles. The van der Waals surface area contributed by atoms with E-state index < -0.39 is 14.9 Å². The van der Waals surface area contributed by atoms with Gasteiger partial charge in [0.25, 0.3) is 15.7 Å². The summed E-state index contributed by atoms with van der Waals surface area (Å²) in [7, 11) is -3.96. The lowest BCUT2D eigenvalue weighted by Gasteiger charge is -2.12. The zero-order chi connectivity index (χ0) is 18.7. The highest BCUT2D eigenvalue weighted by molar-refractivity contribution is 7.89. The van der Waals surface area contributed by atoms with Gasteiger partial charge in [0, 0.05) is 23.9 Å². The van der Waals surface area contributed by atoms with Crippen LogP contribution in [0.25, 0.3) is 0 Å². The number of nitro benzene ring substituents is 1. The Labute approximate surface area is 153 Å². The van der Waals surface area contributed by atoms with Gasteiger partial charge in [-0.25, -0.2) is 8.42 Å². The number of thiocarbonyl (C=S) groups is 1. The monoisotopic (exact) mass is 396 g/mol. The van der Waals surface area contributed by atoms with Crippen LogP contribution in [0.1, 0.15) is 0 Å². The molecule has 10 nitrogen and oxygen atoms in total. The minimum absolute atomic E-state index is 0.00523. The van der Waals surface area contributed by atoms with Gasteiger partial charge in [-0.3, -0.25) is 15.5 Å². The molecule has 0 aromatic heterocycles. The van der Waals surface area contributed by atoms with Gasteiger partial charge in [0.2, 0.25) is 6.79 Å². The number of ether oxygens (including phenoxy) is 2. The Kier molecular flexibility index (Phi) is 4.88. The first kappa shape index (κ1) is 17.8. The van der Waals surface area contributed by atoms with Crippen LogP contribution < -0.4 is 25.0 Å². The molecular formula is C14H12N4O6S2. The molecule has 26 heavy (non-hydrogen) atoms. The summed E-state index contributed by atoms with van der Waals surface area (Å²) in [5, 5.41) is 13.4. The van der Waals surface area contributed by atoms with E-state index in [1.165, 1.54) is 0 Å². The van der Waals surface area contributed by atoms with Crippen molar-refractivity contribution >= 4 is 38.7 Å². The Morgan fingerprint density at radius 2 is 1.81 bits per heavy atom. The molecule has 0 spiro atoms. The quantitative estimate of drug-likeness (QED) is 0.391. The Morgan fingerprint density at radius 3 is 2.50 bits per heavy atom. The van der Waals surface area contributed by atoms with Crippen molar-refractivity contribution in [2.75, 3.05) is 12.1 Å². The number of hydrogen-bond acceptors (Lipinski definition) is 7. The standard InChI is InChI=1S/C14H12N4O6S2/c19-18(20)10-2-4-11(5-3-10)26(21,22)17-16-14(25)15-9-1-6-12-13(7-9)24-8-23-12/h1-7,17H,8H2,(H2,15,16,25). The second kappa shape index (κ2) is 7.11. The van der Waals surface area contributed by atoms with Gasteiger partial charge in [0.1, 0.15) is 0 Å². The third kappa shape index (κ3) is 3.99. The van der Waals surface area contributed by atoms with Crippen LogP contribution in [0, 0.1) is 10.1 Å². The third-order valence-electron chi connectivity index (χ3n) is 3.29. The van der Waals surface area contributed by atoms with Gasteiger partial charge < -0.3 is 14.8 Å². The van der Waals surface area contributed by atoms with Crippen molar-refractivity contribution in [3.05, 3.63) is 52.6 Å². The van der Waals surface area contributed by atoms with Crippen LogP contribution in [0.15, 0.2) is 47.4 Å². The summed E-state index contributed by atoms with van der Waals surface area (Å²) in [4.78, 5) is 11.9. The Bertz CT molecular complexity index is 962. The van der Waals surface area contributed by atoms with E-state index >= 15 is 0 Å². The Morgan fingerprint density at radius 1 is 1.12 bits per heavy atom. The Hall–Kier alpha value is -2.96. The number of hydrogen-bond donors (Lipinski definition) is 3. The van der Waals surface area contributed by atoms with E-state index in [2.05, 4.69) is 15.6 Å². The molecule has 0 bridgehead atoms. The van der Waals surface area contributed by atoms with Crippen molar-refractivity contribution in [3.8, 4) is 11.5 Å². The van der Waals surface area contributed by atoms with Gasteiger partial charge in [0.05, 0.1) is 9.82 Å². The van der Waals surface area contributed by atoms with Crippen molar-refractivity contribution < 1.29 is 22.8 Å². The molecule has 12 heteroatoms. The van der Waals surface area contributed by atoms with Gasteiger partial charge in [-0.05, 0) is 36.5 Å². The highest BCUT2D eigenvalue weighted by atomic mass is 32.2. The number of rotatable bonds is 5. The van der Waals surface area contributed by atoms with Crippen molar-refractivity contribution in [3.63, 3.8) is 0 Å². The molecule has 0 atom stereocenters. The van der Waals surface area contributed by atoms with E-state index in [0.717, 1.165) is 24.3 Å². The van der Waals surface area contributed by atoms with E-state index in [1.807, 2.05) is 0 Å². The van der Waals surface area contributed by atoms with Crippen LogP contribution in [-0.4, -0.2) is 25.2 Å². The summed E-state index contributed by atoms with van der Waals surface area (Å²) < 4.78 is 34.7. The van der Waals surface area contributed by atoms with Crippen LogP contribution in [0.2, 0.25) is 0 Å². The zero-order valence-electron chi connectivity index (χ0n) is 13.0. The molecule has 0 saturated carbocycles. The fraction of sp³-hybridized carbons (Fsp3) is 0.0714. The average molecular weight is 396 g/mol. The number of non-ortho nitro benzene ring substituents is 1. The van der Waals surface area contributed by atoms with Crippen molar-refractivity contribution in [2.45, 2.75) is 4.90 Å². The first-order valence-electron chi connectivity index (χ1n) is 7.08. The molecule has 136 valence electrons. The molecule has 1 aliphatic rings. The molecule has 3 N–H and O–H groups in total. The van der Waals surface area contributed by atoms with E-state index in [0.29, 0.717) is 17.2 Å². The molecule has 2 aromatic rings. The topological polar surface area (TPSA) is 132 Å². The van der Waals surface area contributed by atoms with E-state index in [-0.39, 0.29) is 22.5 Å². The van der Waals surface area contributed by atoms with Gasteiger partial charge in [-0.15, -0.1) is 4.83 Å². The van der Waals surface area contributed by atoms with Gasteiger partial charge >= 0.3 is 0 Å². The largest absolute Gasteiger partial charge is 0.454 e. The molecule has 2 aromatic carbocycles. The molecule has 1 heterocycles. The zero-order valence-corrected chi connectivity index (χ0v) is 14.6. The number of fused-ring (bicyclic) bond motifs is 1. The lowest BCUT2D eigenvalue weighted by Crippen LogP contribution is -2.43. The number of benzene rings is 2. The third-order valence-corrected chi connectivity index (χ3v) is 4.75. The summed E-state index contributed by atoms with van der Waals surface area (Å²) in [6, 6.07) is 9.46. The SMILES string of the molecule is O=[N+]([O-])c1ccc(S(=O)(=O)NNC(=S)Nc2ccc3c(c2)OCO3)cc1. The number of hydrazine groups is 1. The first-order chi connectivity index (χ1) is 12.3. The second-order valence-electron chi connectivity index (χ2n) is 5.00. The molecule has 3 rings (SSSR count). The fourth-order valence-electron chi connectivity index (χ4n) is 2.06. The highest BCUT2D eigenvalue weighted by Crippen LogP contribution is 2.34. The van der Waals surface area contributed by atoms with Gasteiger partial charge in [-0.1, -0.05) is 0 Å². The average Bonchev–Trinajstić information content (AvgIpc) is 3.08. The van der Waals surface area contributed by atoms with Crippen LogP contribution in [0.3, 0.4) is 0 Å². The lowest BCUT2D eigenvalue weighted by atomic mass is 10.3. The minimum Gasteiger partial charge on any atom is -0.454 e. The van der Waals surface area contributed by atoms with Crippen LogP contribution >= 0.6 is 12.2 Å². The molecule has 0 unspecified atom stereocenters. The lowest BCUT2D eigenvalue weighted by molar-refractivity contribution is -0.384. The molecule has 0 fully saturated rings. The maximum Gasteiger partial charge on any atom is 0.269 e. The van der Waals surface area contributed by atoms with Gasteiger partial charge in [0.15, 0.2) is 16.6 Å². The normalized spacial score (nSPS) is 12.5. The summed E-state index contributed by atoms with van der Waals surface area (Å²) >= 11 is 5.03. The van der Waals surface area contributed by atoms with E-state index in [9.17, 15) is 18.5 Å². The van der Waals surface area contributed by atoms with Gasteiger partial charge in [-0.2, -0.15) is 0 Å². The molecule has 1 aliphatic heterocycles. The molecular weight excluding hydrogens is 384 g/mol. The number of nitro groups is 1. The summed E-state index contributed by atoms with van der Waals surface area (Å²) in [5.74, 6) is 1.15. The molecule has 0 radical (unpaired) electrons. The summed E-state index contributed by atoms with van der Waals surface area (Å²) in [6.45, 7) is 0.135. The van der Waals surface area contributed by atoms with Crippen molar-refractivity contribution in [2.24, 2.45) is 0 Å². The number of nitrogens with one attached hydrogen (secondary N) is 3. The van der Waals surface area contributed by atoms with E-state index in [1.54, 1.807) is 18.2 Å². The predicted molar refractivity (Wildman–Crippen MR) is 95.3 cm³/mol. The molecule has 0 amide bonds. The molecule has 0 aliphatic carbocycles. The maximum absolute atomic E-state index is 12.2. The number of anilines is 1. The van der Waals surface area contributed by atoms with Crippen molar-refractivity contribution in [1.29, 1.82) is 0 Å². The van der Waals surface area contributed by atoms with Crippen LogP contribution in [-0.2, 0) is 10.0 Å². The van der Waals surface area contributed by atoms with Crippen LogP contribution in [0.4, 0.5) is 11.4 Å². The fourth-order valence-corrected chi connectivity index (χ4v) is 3.14. The minimum atomic E-state index is -3.96. The number of nitrogens with zero attached hydrogens (tertiary/aromatic N) is 1. The smallest absolute Gasteiger partial charge is 0.269 e. The highest BCUT2D eigenvalue weighted by Gasteiger charge is 2.17. The van der Waals surface area contributed by atoms with Crippen molar-refractivity contribution in [1.82, 2.24) is 10.3 Å². The Balaban J connectivity index is 1.60. The van der Waals surface area contributed by atoms with E-state index in [4.69, 9.17) is 21.7 Å². The maximum atomic E-state index is 12.2. The summed E-state index contributed by atoms with van der Waals surface area (Å²) in [6.07, 6.45) is 0. The van der Waals surface area contributed by atoms with Crippen LogP contribution in [0.5, 0.6) is 11.5 Å². The summed E-state index contributed by atoms with van der Waals surface area (Å²) in [5.41, 5.74) is 2.71. The first-order valence-corrected chi connectivity index (χ1v) is 8.97. The predicted octanol–water partition coefficient (Wildman–Crippen LogP) is 1.50. The second-order valence-corrected chi connectivity index (χ2v) is 7.09. The number of sulfonamides is 1.